The molecule has 2 aromatic heterocycles. The first-order valence-corrected chi connectivity index (χ1v) is 13.3. The van der Waals surface area contributed by atoms with Crippen molar-refractivity contribution in [3.8, 4) is 5.69 Å². The van der Waals surface area contributed by atoms with E-state index in [0.717, 1.165) is 47.0 Å². The van der Waals surface area contributed by atoms with E-state index in [9.17, 15) is 9.59 Å². The number of halogens is 1. The zero-order valence-electron chi connectivity index (χ0n) is 18.9. The van der Waals surface area contributed by atoms with Gasteiger partial charge in [-0.15, -0.1) is 11.3 Å². The van der Waals surface area contributed by atoms with Crippen LogP contribution >= 0.6 is 34.7 Å². The molecule has 0 bridgehead atoms. The molecule has 5 rings (SSSR count). The third-order valence-electron chi connectivity index (χ3n) is 6.11. The van der Waals surface area contributed by atoms with Gasteiger partial charge in [0.25, 0.3) is 5.56 Å². The Balaban J connectivity index is 1.59. The number of aryl methyl sites for hydroxylation is 3. The fraction of sp³-hybridized carbons (Fsp3) is 0.269. The summed E-state index contributed by atoms with van der Waals surface area (Å²) in [5.41, 5.74) is 4.34. The van der Waals surface area contributed by atoms with Crippen molar-refractivity contribution in [1.29, 1.82) is 0 Å². The molecule has 0 amide bonds. The number of ether oxygens (including phenoxy) is 1. The Hall–Kier alpha value is -2.61. The van der Waals surface area contributed by atoms with Gasteiger partial charge in [0.2, 0.25) is 0 Å². The molecule has 2 heterocycles. The molecule has 0 fully saturated rings. The molecule has 0 saturated heterocycles. The van der Waals surface area contributed by atoms with Crippen molar-refractivity contribution in [2.24, 2.45) is 0 Å². The van der Waals surface area contributed by atoms with E-state index in [-0.39, 0.29) is 11.5 Å². The van der Waals surface area contributed by atoms with Crippen LogP contribution in [0.5, 0.6) is 0 Å². The van der Waals surface area contributed by atoms with Crippen LogP contribution in [0.3, 0.4) is 0 Å². The van der Waals surface area contributed by atoms with Crippen LogP contribution in [0.2, 0.25) is 5.02 Å². The first-order chi connectivity index (χ1) is 16.5. The molecule has 8 heteroatoms. The molecular weight excluding hydrogens is 488 g/mol. The number of hydrogen-bond acceptors (Lipinski definition) is 6. The summed E-state index contributed by atoms with van der Waals surface area (Å²) in [6.07, 6.45) is 4.21. The first-order valence-electron chi connectivity index (χ1n) is 11.1. The van der Waals surface area contributed by atoms with E-state index in [2.05, 4.69) is 0 Å². The van der Waals surface area contributed by atoms with Crippen LogP contribution in [0.15, 0.2) is 52.4 Å². The fourth-order valence-electron chi connectivity index (χ4n) is 4.23. The molecule has 0 unspecified atom stereocenters. The molecule has 4 aromatic rings. The third-order valence-corrected chi connectivity index (χ3v) is 8.72. The van der Waals surface area contributed by atoms with Gasteiger partial charge in [0.05, 0.1) is 23.7 Å². The minimum atomic E-state index is -0.363. The van der Waals surface area contributed by atoms with Gasteiger partial charge in [-0.25, -0.2) is 9.78 Å². The molecule has 0 radical (unpaired) electrons. The van der Waals surface area contributed by atoms with E-state index in [1.807, 2.05) is 37.3 Å². The number of fused-ring (bicyclic) bond motifs is 3. The van der Waals surface area contributed by atoms with E-state index < -0.39 is 0 Å². The van der Waals surface area contributed by atoms with Crippen LogP contribution in [0.1, 0.15) is 44.8 Å². The maximum Gasteiger partial charge on any atom is 0.337 e. The summed E-state index contributed by atoms with van der Waals surface area (Å²) in [6.45, 7) is 1.94. The molecule has 0 saturated carbocycles. The lowest BCUT2D eigenvalue weighted by molar-refractivity contribution is 0.0600. The van der Waals surface area contributed by atoms with Gasteiger partial charge in [-0.2, -0.15) is 0 Å². The van der Waals surface area contributed by atoms with E-state index in [0.29, 0.717) is 27.2 Å². The van der Waals surface area contributed by atoms with Crippen molar-refractivity contribution < 1.29 is 9.53 Å². The molecule has 5 nitrogen and oxygen atoms in total. The minimum Gasteiger partial charge on any atom is -0.465 e. The number of carbonyl (C=O) groups excluding carboxylic acids is 1. The number of esters is 1. The molecule has 0 atom stereocenters. The highest BCUT2D eigenvalue weighted by molar-refractivity contribution is 7.98. The summed E-state index contributed by atoms with van der Waals surface area (Å²) < 4.78 is 6.47. The van der Waals surface area contributed by atoms with Crippen molar-refractivity contribution in [1.82, 2.24) is 9.55 Å². The molecule has 0 aliphatic heterocycles. The zero-order chi connectivity index (χ0) is 23.8. The number of methoxy groups -OCH3 is 1. The molecule has 0 spiro atoms. The van der Waals surface area contributed by atoms with Gasteiger partial charge >= 0.3 is 5.97 Å². The predicted molar refractivity (Wildman–Crippen MR) is 139 cm³/mol. The second kappa shape index (κ2) is 9.56. The minimum absolute atomic E-state index is 0.0344. The Labute approximate surface area is 210 Å². The number of aromatic nitrogens is 2. The van der Waals surface area contributed by atoms with Crippen molar-refractivity contribution in [2.75, 3.05) is 7.11 Å². The van der Waals surface area contributed by atoms with Gasteiger partial charge < -0.3 is 4.74 Å². The maximum atomic E-state index is 13.9. The van der Waals surface area contributed by atoms with Gasteiger partial charge in [0.1, 0.15) is 4.83 Å². The number of carbonyl (C=O) groups is 1. The largest absolute Gasteiger partial charge is 0.465 e. The van der Waals surface area contributed by atoms with Gasteiger partial charge in [-0.3, -0.25) is 9.36 Å². The Morgan fingerprint density at radius 2 is 1.94 bits per heavy atom. The molecule has 1 aliphatic rings. The molecule has 0 N–H and O–H groups in total. The SMILES string of the molecule is COC(=O)c1ccc(CSc2nc3sc4c(c3c(=O)n2-c2ccc(C)c(Cl)c2)CCCC4)cc1. The molecule has 174 valence electrons. The second-order valence-electron chi connectivity index (χ2n) is 8.34. The number of hydrogen-bond donors (Lipinski definition) is 0. The Morgan fingerprint density at radius 3 is 2.68 bits per heavy atom. The lowest BCUT2D eigenvalue weighted by Crippen LogP contribution is -2.22. The number of nitrogens with zero attached hydrogens (tertiary/aromatic N) is 2. The van der Waals surface area contributed by atoms with Crippen LogP contribution in [-0.4, -0.2) is 22.6 Å². The highest BCUT2D eigenvalue weighted by atomic mass is 35.5. The Morgan fingerprint density at radius 1 is 1.18 bits per heavy atom. The second-order valence-corrected chi connectivity index (χ2v) is 10.8. The van der Waals surface area contributed by atoms with Gasteiger partial charge in [0, 0.05) is 15.7 Å². The van der Waals surface area contributed by atoms with Crippen LogP contribution < -0.4 is 5.56 Å². The summed E-state index contributed by atoms with van der Waals surface area (Å²) in [5.74, 6) is 0.238. The monoisotopic (exact) mass is 510 g/mol. The van der Waals surface area contributed by atoms with Crippen LogP contribution in [0.25, 0.3) is 15.9 Å². The van der Waals surface area contributed by atoms with Crippen molar-refractivity contribution in [3.63, 3.8) is 0 Å². The number of thiophene rings is 1. The van der Waals surface area contributed by atoms with Crippen LogP contribution in [0, 0.1) is 6.92 Å². The van der Waals surface area contributed by atoms with Gasteiger partial charge in [0.15, 0.2) is 5.16 Å². The van der Waals surface area contributed by atoms with E-state index in [4.69, 9.17) is 21.3 Å². The first kappa shape index (κ1) is 23.1. The third kappa shape index (κ3) is 4.28. The molecule has 1 aliphatic carbocycles. The number of thioether (sulfide) groups is 1. The quantitative estimate of drug-likeness (QED) is 0.177. The molecule has 2 aromatic carbocycles. The summed E-state index contributed by atoms with van der Waals surface area (Å²) >= 11 is 9.58. The van der Waals surface area contributed by atoms with E-state index >= 15 is 0 Å². The average molecular weight is 511 g/mol. The highest BCUT2D eigenvalue weighted by Gasteiger charge is 2.23. The predicted octanol–water partition coefficient (Wildman–Crippen LogP) is 6.37. The molecular formula is C26H23ClN2O3S2. The standard InChI is InChI=1S/C26H23ClN2O3S2/c1-15-7-12-18(13-20(15)27)29-24(30)22-19-5-3-4-6-21(19)34-23(22)28-26(29)33-14-16-8-10-17(11-9-16)25(31)32-2/h7-13H,3-6,14H2,1-2H3. The summed E-state index contributed by atoms with van der Waals surface area (Å²) in [4.78, 5) is 32.7. The van der Waals surface area contributed by atoms with Crippen molar-refractivity contribution >= 4 is 50.9 Å². The zero-order valence-corrected chi connectivity index (χ0v) is 21.3. The average Bonchev–Trinajstić information content (AvgIpc) is 3.23. The highest BCUT2D eigenvalue weighted by Crippen LogP contribution is 2.36. The van der Waals surface area contributed by atoms with Gasteiger partial charge in [-0.1, -0.05) is 41.6 Å². The van der Waals surface area contributed by atoms with Crippen molar-refractivity contribution in [2.45, 2.75) is 43.5 Å². The summed E-state index contributed by atoms with van der Waals surface area (Å²) in [5, 5.41) is 2.00. The summed E-state index contributed by atoms with van der Waals surface area (Å²) in [7, 11) is 1.37. The molecule has 34 heavy (non-hydrogen) atoms. The Kier molecular flexibility index (Phi) is 6.51. The normalized spacial score (nSPS) is 13.1. The summed E-state index contributed by atoms with van der Waals surface area (Å²) in [6, 6.07) is 13.0. The van der Waals surface area contributed by atoms with Crippen LogP contribution in [0.4, 0.5) is 0 Å². The lowest BCUT2D eigenvalue weighted by Gasteiger charge is -2.14. The smallest absolute Gasteiger partial charge is 0.337 e. The van der Waals surface area contributed by atoms with E-state index in [1.165, 1.54) is 29.3 Å². The van der Waals surface area contributed by atoms with E-state index in [1.54, 1.807) is 28.0 Å². The fourth-order valence-corrected chi connectivity index (χ4v) is 6.68. The number of benzene rings is 2. The topological polar surface area (TPSA) is 61.2 Å². The maximum absolute atomic E-state index is 13.9. The number of rotatable bonds is 5. The van der Waals surface area contributed by atoms with Crippen LogP contribution in [-0.2, 0) is 23.3 Å². The van der Waals surface area contributed by atoms with Crippen molar-refractivity contribution in [3.05, 3.63) is 85.0 Å². The lowest BCUT2D eigenvalue weighted by atomic mass is 9.97. The Bertz CT molecular complexity index is 1460. The van der Waals surface area contributed by atoms with Gasteiger partial charge in [-0.05, 0) is 73.6 Å².